The maximum absolute atomic E-state index is 12.7. The Morgan fingerprint density at radius 2 is 0.917 bits per heavy atom. The molecule has 0 fully saturated rings. The predicted octanol–water partition coefficient (Wildman–Crippen LogP) is 7.57. The molecule has 0 saturated heterocycles. The molecule has 0 aliphatic rings. The fraction of sp³-hybridized carbons (Fsp3) is 0.0500. The van der Waals surface area contributed by atoms with Crippen LogP contribution < -0.4 is 18.9 Å². The molecule has 8 heteroatoms. The summed E-state index contributed by atoms with van der Waals surface area (Å²) in [6.07, 6.45) is 2.14. The lowest BCUT2D eigenvalue weighted by Crippen LogP contribution is -2.12. The van der Waals surface area contributed by atoms with Gasteiger partial charge in [0.15, 0.2) is 11.5 Å². The number of benzene rings is 4. The Kier molecular flexibility index (Phi) is 11.0. The van der Waals surface area contributed by atoms with Gasteiger partial charge in [0.25, 0.3) is 0 Å². The van der Waals surface area contributed by atoms with Crippen molar-refractivity contribution in [2.75, 3.05) is 0 Å². The zero-order valence-corrected chi connectivity index (χ0v) is 26.3. The number of carbonyl (C=O) groups excluding carboxylic acids is 4. The molecular formula is C40H30O8. The Morgan fingerprint density at radius 3 is 1.31 bits per heavy atom. The molecule has 0 saturated carbocycles. The van der Waals surface area contributed by atoms with Gasteiger partial charge in [0.05, 0.1) is 0 Å². The zero-order chi connectivity index (χ0) is 34.8. The van der Waals surface area contributed by atoms with E-state index in [1.165, 1.54) is 13.8 Å². The van der Waals surface area contributed by atoms with Crippen LogP contribution in [0.25, 0.3) is 22.3 Å². The number of esters is 4. The Labute approximate surface area is 278 Å². The van der Waals surface area contributed by atoms with Crippen molar-refractivity contribution < 1.29 is 38.1 Å². The lowest BCUT2D eigenvalue weighted by molar-refractivity contribution is -0.130. The minimum absolute atomic E-state index is 0.0442. The first-order chi connectivity index (χ1) is 23.0. The van der Waals surface area contributed by atoms with Crippen LogP contribution in [-0.4, -0.2) is 23.9 Å². The molecule has 0 aliphatic heterocycles. The topological polar surface area (TPSA) is 105 Å². The van der Waals surface area contributed by atoms with Gasteiger partial charge in [0.2, 0.25) is 0 Å². The van der Waals surface area contributed by atoms with E-state index in [0.29, 0.717) is 22.6 Å². The molecule has 0 amide bonds. The number of hydrogen-bond donors (Lipinski definition) is 0. The second kappa shape index (κ2) is 15.5. The van der Waals surface area contributed by atoms with E-state index in [9.17, 15) is 19.2 Å². The summed E-state index contributed by atoms with van der Waals surface area (Å²) < 4.78 is 21.6. The molecule has 8 nitrogen and oxygen atoms in total. The molecule has 4 aromatic carbocycles. The van der Waals surface area contributed by atoms with Gasteiger partial charge in [0.1, 0.15) is 17.1 Å². The van der Waals surface area contributed by atoms with Crippen LogP contribution in [0.4, 0.5) is 0 Å². The molecule has 4 aromatic rings. The second-order valence-corrected chi connectivity index (χ2v) is 10.3. The molecule has 4 rings (SSSR count). The minimum Gasteiger partial charge on any atom is -0.423 e. The fourth-order valence-corrected chi connectivity index (χ4v) is 4.04. The Balaban J connectivity index is 1.76. The van der Waals surface area contributed by atoms with Crippen molar-refractivity contribution in [3.05, 3.63) is 146 Å². The third-order valence-corrected chi connectivity index (χ3v) is 6.53. The van der Waals surface area contributed by atoms with E-state index in [1.54, 1.807) is 48.5 Å². The first-order valence-electron chi connectivity index (χ1n) is 14.4. The predicted molar refractivity (Wildman–Crippen MR) is 182 cm³/mol. The zero-order valence-electron chi connectivity index (χ0n) is 26.3. The summed E-state index contributed by atoms with van der Waals surface area (Å²) in [5, 5.41) is 0. The molecule has 0 aromatic heterocycles. The summed E-state index contributed by atoms with van der Waals surface area (Å²) in [7, 11) is 0. The molecule has 0 N–H and O–H groups in total. The third-order valence-electron chi connectivity index (χ3n) is 6.53. The van der Waals surface area contributed by atoms with Gasteiger partial charge in [-0.05, 0) is 84.6 Å². The van der Waals surface area contributed by atoms with E-state index < -0.39 is 23.9 Å². The quantitative estimate of drug-likeness (QED) is 0.0758. The molecule has 0 unspecified atom stereocenters. The normalized spacial score (nSPS) is 9.96. The van der Waals surface area contributed by atoms with E-state index >= 15 is 0 Å². The van der Waals surface area contributed by atoms with Crippen LogP contribution in [0.5, 0.6) is 23.0 Å². The maximum Gasteiger partial charge on any atom is 0.338 e. The number of carbonyl (C=O) groups is 4. The van der Waals surface area contributed by atoms with Gasteiger partial charge in [0, 0.05) is 28.9 Å². The van der Waals surface area contributed by atoms with Crippen LogP contribution in [-0.2, 0) is 19.2 Å². The standard InChI is InChI=1S/C40H30O8/c1-7-37(41)45-32-18-9-27(10-19-32)11-22-34-35(47-39(43)25(3)4)23-31(24-36(34)48-40(44)26(5)6)30-14-12-28(13-15-30)29-16-20-33(21-17-29)46-38(42)8-2/h7-10,12-21,23-24H,1-3,5H2,4,6H3. The molecule has 0 heterocycles. The van der Waals surface area contributed by atoms with Crippen LogP contribution in [0.15, 0.2) is 135 Å². The summed E-state index contributed by atoms with van der Waals surface area (Å²) in [4.78, 5) is 48.4. The summed E-state index contributed by atoms with van der Waals surface area (Å²) >= 11 is 0. The van der Waals surface area contributed by atoms with E-state index in [-0.39, 0.29) is 28.2 Å². The summed E-state index contributed by atoms with van der Waals surface area (Å²) in [6.45, 7) is 17.1. The van der Waals surface area contributed by atoms with Gasteiger partial charge in [-0.25, -0.2) is 19.2 Å². The highest BCUT2D eigenvalue weighted by atomic mass is 16.6. The molecule has 0 atom stereocenters. The maximum atomic E-state index is 12.7. The molecule has 0 bridgehead atoms. The molecule has 48 heavy (non-hydrogen) atoms. The van der Waals surface area contributed by atoms with Gasteiger partial charge >= 0.3 is 23.9 Å². The summed E-state index contributed by atoms with van der Waals surface area (Å²) in [5.74, 6) is 4.18. The highest BCUT2D eigenvalue weighted by molar-refractivity contribution is 5.92. The van der Waals surface area contributed by atoms with E-state index in [2.05, 4.69) is 38.2 Å². The Hall–Kier alpha value is -6.72. The van der Waals surface area contributed by atoms with Crippen LogP contribution in [0.2, 0.25) is 0 Å². The second-order valence-electron chi connectivity index (χ2n) is 10.3. The van der Waals surface area contributed by atoms with Crippen LogP contribution in [0.3, 0.4) is 0 Å². The highest BCUT2D eigenvalue weighted by Crippen LogP contribution is 2.37. The van der Waals surface area contributed by atoms with Crippen molar-refractivity contribution >= 4 is 23.9 Å². The van der Waals surface area contributed by atoms with Crippen molar-refractivity contribution in [1.29, 1.82) is 0 Å². The summed E-state index contributed by atoms with van der Waals surface area (Å²) in [5.41, 5.74) is 4.04. The lowest BCUT2D eigenvalue weighted by Gasteiger charge is -2.15. The van der Waals surface area contributed by atoms with Crippen LogP contribution in [0.1, 0.15) is 25.0 Å². The minimum atomic E-state index is -0.696. The van der Waals surface area contributed by atoms with Gasteiger partial charge in [-0.2, -0.15) is 0 Å². The molecular weight excluding hydrogens is 608 g/mol. The first-order valence-corrected chi connectivity index (χ1v) is 14.4. The number of rotatable bonds is 10. The first kappa shape index (κ1) is 34.2. The lowest BCUT2D eigenvalue weighted by atomic mass is 9.98. The van der Waals surface area contributed by atoms with E-state index in [0.717, 1.165) is 28.8 Å². The Bertz CT molecular complexity index is 1950. The number of ether oxygens (including phenoxy) is 4. The Morgan fingerprint density at radius 1 is 0.542 bits per heavy atom. The number of hydrogen-bond acceptors (Lipinski definition) is 8. The molecule has 0 aliphatic carbocycles. The largest absolute Gasteiger partial charge is 0.423 e. The van der Waals surface area contributed by atoms with E-state index in [1.807, 2.05) is 36.4 Å². The fourth-order valence-electron chi connectivity index (χ4n) is 4.04. The monoisotopic (exact) mass is 638 g/mol. The van der Waals surface area contributed by atoms with Gasteiger partial charge in [-0.15, -0.1) is 0 Å². The van der Waals surface area contributed by atoms with Crippen molar-refractivity contribution in [3.8, 4) is 57.1 Å². The average Bonchev–Trinajstić information content (AvgIpc) is 3.08. The van der Waals surface area contributed by atoms with Crippen LogP contribution >= 0.6 is 0 Å². The average molecular weight is 639 g/mol. The molecule has 238 valence electrons. The van der Waals surface area contributed by atoms with Crippen molar-refractivity contribution in [2.24, 2.45) is 0 Å². The molecule has 0 radical (unpaired) electrons. The molecule has 0 spiro atoms. The van der Waals surface area contributed by atoms with Gasteiger partial charge in [-0.1, -0.05) is 74.6 Å². The third kappa shape index (κ3) is 8.93. The van der Waals surface area contributed by atoms with Gasteiger partial charge in [-0.3, -0.25) is 0 Å². The van der Waals surface area contributed by atoms with Gasteiger partial charge < -0.3 is 18.9 Å². The SMILES string of the molecule is C=CC(=O)Oc1ccc(C#Cc2c(OC(=O)C(=C)C)cc(-c3ccc(-c4ccc(OC(=O)C=C)cc4)cc3)cc2OC(=O)C(=C)C)cc1. The summed E-state index contributed by atoms with van der Waals surface area (Å²) in [6, 6.07) is 24.1. The van der Waals surface area contributed by atoms with Crippen LogP contribution in [0, 0.1) is 11.8 Å². The van der Waals surface area contributed by atoms with Crippen molar-refractivity contribution in [2.45, 2.75) is 13.8 Å². The smallest absolute Gasteiger partial charge is 0.338 e. The van der Waals surface area contributed by atoms with E-state index in [4.69, 9.17) is 18.9 Å². The van der Waals surface area contributed by atoms with Crippen molar-refractivity contribution in [3.63, 3.8) is 0 Å². The highest BCUT2D eigenvalue weighted by Gasteiger charge is 2.19. The van der Waals surface area contributed by atoms with Crippen molar-refractivity contribution in [1.82, 2.24) is 0 Å².